The van der Waals surface area contributed by atoms with Crippen LogP contribution in [0.15, 0.2) is 23.1 Å². The molecule has 0 saturated carbocycles. The molecule has 5 heteroatoms. The highest BCUT2D eigenvalue weighted by atomic mass is 32.2. The predicted molar refractivity (Wildman–Crippen MR) is 87.8 cm³/mol. The number of aryl methyl sites for hydroxylation is 1. The van der Waals surface area contributed by atoms with Crippen LogP contribution in [0.5, 0.6) is 0 Å². The first-order valence-electron chi connectivity index (χ1n) is 7.65. The second kappa shape index (κ2) is 7.92. The maximum atomic E-state index is 12.4. The summed E-state index contributed by atoms with van der Waals surface area (Å²) in [6.45, 7) is 10.8. The molecule has 0 radical (unpaired) electrons. The van der Waals surface area contributed by atoms with Gasteiger partial charge in [-0.2, -0.15) is 0 Å². The zero-order valence-corrected chi connectivity index (χ0v) is 14.5. The van der Waals surface area contributed by atoms with E-state index in [2.05, 4.69) is 23.9 Å². The van der Waals surface area contributed by atoms with Crippen molar-refractivity contribution in [3.05, 3.63) is 29.3 Å². The Morgan fingerprint density at radius 2 is 1.76 bits per heavy atom. The van der Waals surface area contributed by atoms with Crippen LogP contribution in [-0.4, -0.2) is 20.5 Å². The van der Waals surface area contributed by atoms with E-state index in [1.54, 1.807) is 12.1 Å². The lowest BCUT2D eigenvalue weighted by molar-refractivity contribution is 0.530. The van der Waals surface area contributed by atoms with Crippen LogP contribution in [0.1, 0.15) is 51.7 Å². The lowest BCUT2D eigenvalue weighted by Gasteiger charge is -2.16. The van der Waals surface area contributed by atoms with Gasteiger partial charge in [0.1, 0.15) is 0 Å². The van der Waals surface area contributed by atoms with Gasteiger partial charge in [0.05, 0.1) is 4.90 Å². The summed E-state index contributed by atoms with van der Waals surface area (Å²) < 4.78 is 27.6. The van der Waals surface area contributed by atoms with Crippen LogP contribution >= 0.6 is 0 Å². The summed E-state index contributed by atoms with van der Waals surface area (Å²) in [5.74, 6) is 0. The van der Waals surface area contributed by atoms with Gasteiger partial charge in [-0.15, -0.1) is 0 Å². The third-order valence-electron chi connectivity index (χ3n) is 3.64. The van der Waals surface area contributed by atoms with E-state index in [9.17, 15) is 8.42 Å². The molecule has 120 valence electrons. The molecule has 0 aliphatic rings. The summed E-state index contributed by atoms with van der Waals surface area (Å²) in [5, 5.41) is 3.33. The first-order valence-corrected chi connectivity index (χ1v) is 9.13. The van der Waals surface area contributed by atoms with Gasteiger partial charge in [0.15, 0.2) is 0 Å². The summed E-state index contributed by atoms with van der Waals surface area (Å²) in [6.07, 6.45) is 1.59. The summed E-state index contributed by atoms with van der Waals surface area (Å²) in [7, 11) is -3.44. The van der Waals surface area contributed by atoms with E-state index in [4.69, 9.17) is 0 Å². The fourth-order valence-corrected chi connectivity index (χ4v) is 3.52. The predicted octanol–water partition coefficient (Wildman–Crippen LogP) is 2.96. The molecule has 0 bridgehead atoms. The Hall–Kier alpha value is -0.910. The van der Waals surface area contributed by atoms with Gasteiger partial charge < -0.3 is 5.32 Å². The quantitative estimate of drug-likeness (QED) is 0.776. The number of nitrogens with one attached hydrogen (secondary N) is 2. The minimum atomic E-state index is -3.44. The van der Waals surface area contributed by atoms with Gasteiger partial charge in [0.2, 0.25) is 10.0 Å². The Morgan fingerprint density at radius 3 is 2.29 bits per heavy atom. The Labute approximate surface area is 129 Å². The van der Waals surface area contributed by atoms with Gasteiger partial charge in [-0.3, -0.25) is 0 Å². The van der Waals surface area contributed by atoms with Crippen molar-refractivity contribution in [3.8, 4) is 0 Å². The molecule has 1 aromatic rings. The number of benzene rings is 1. The van der Waals surface area contributed by atoms with E-state index >= 15 is 0 Å². The van der Waals surface area contributed by atoms with Gasteiger partial charge in [0, 0.05) is 18.6 Å². The third-order valence-corrected chi connectivity index (χ3v) is 5.16. The van der Waals surface area contributed by atoms with Crippen molar-refractivity contribution in [1.82, 2.24) is 10.0 Å². The maximum absolute atomic E-state index is 12.4. The molecule has 4 nitrogen and oxygen atoms in total. The van der Waals surface area contributed by atoms with Crippen molar-refractivity contribution in [2.75, 3.05) is 0 Å². The standard InChI is InChI=1S/C16H28N2O2S/c1-6-15(7-2)18-21(19,20)16-9-8-13(5)14(10-16)11-17-12(3)4/h8-10,12,15,17-18H,6-7,11H2,1-5H3. The molecule has 21 heavy (non-hydrogen) atoms. The lowest BCUT2D eigenvalue weighted by atomic mass is 10.1. The average Bonchev–Trinajstić information content (AvgIpc) is 2.43. The van der Waals surface area contributed by atoms with E-state index < -0.39 is 10.0 Å². The molecule has 0 amide bonds. The largest absolute Gasteiger partial charge is 0.310 e. The highest BCUT2D eigenvalue weighted by Crippen LogP contribution is 2.17. The smallest absolute Gasteiger partial charge is 0.240 e. The number of hydrogen-bond acceptors (Lipinski definition) is 3. The fraction of sp³-hybridized carbons (Fsp3) is 0.625. The molecule has 1 rings (SSSR count). The monoisotopic (exact) mass is 312 g/mol. The van der Waals surface area contributed by atoms with Crippen molar-refractivity contribution in [3.63, 3.8) is 0 Å². The van der Waals surface area contributed by atoms with E-state index in [1.165, 1.54) is 0 Å². The second-order valence-electron chi connectivity index (χ2n) is 5.76. The van der Waals surface area contributed by atoms with Gasteiger partial charge in [-0.05, 0) is 43.0 Å². The summed E-state index contributed by atoms with van der Waals surface area (Å²) in [6, 6.07) is 5.69. The van der Waals surface area contributed by atoms with Crippen molar-refractivity contribution in [2.45, 2.75) is 71.0 Å². The SMILES string of the molecule is CCC(CC)NS(=O)(=O)c1ccc(C)c(CNC(C)C)c1. The molecule has 0 aliphatic carbocycles. The van der Waals surface area contributed by atoms with Gasteiger partial charge >= 0.3 is 0 Å². The number of hydrogen-bond donors (Lipinski definition) is 2. The molecule has 0 aromatic heterocycles. The van der Waals surface area contributed by atoms with Crippen molar-refractivity contribution < 1.29 is 8.42 Å². The summed E-state index contributed by atoms with van der Waals surface area (Å²) in [5.41, 5.74) is 2.13. The van der Waals surface area contributed by atoms with Crippen LogP contribution < -0.4 is 10.0 Å². The van der Waals surface area contributed by atoms with Crippen LogP contribution in [0.25, 0.3) is 0 Å². The fourth-order valence-electron chi connectivity index (χ4n) is 2.06. The Bertz CT molecular complexity index is 549. The molecular formula is C16H28N2O2S. The van der Waals surface area contributed by atoms with Crippen LogP contribution in [0, 0.1) is 6.92 Å². The zero-order valence-electron chi connectivity index (χ0n) is 13.7. The van der Waals surface area contributed by atoms with Gasteiger partial charge in [-0.1, -0.05) is 33.8 Å². The molecule has 0 spiro atoms. The minimum absolute atomic E-state index is 0.00598. The molecule has 0 atom stereocenters. The minimum Gasteiger partial charge on any atom is -0.310 e. The molecule has 0 saturated heterocycles. The summed E-state index contributed by atoms with van der Waals surface area (Å²) >= 11 is 0. The normalized spacial score (nSPS) is 12.3. The molecule has 2 N–H and O–H groups in total. The Morgan fingerprint density at radius 1 is 1.14 bits per heavy atom. The van der Waals surface area contributed by atoms with Crippen molar-refractivity contribution in [2.24, 2.45) is 0 Å². The lowest BCUT2D eigenvalue weighted by Crippen LogP contribution is -2.34. The van der Waals surface area contributed by atoms with Gasteiger partial charge in [0.25, 0.3) is 0 Å². The molecule has 0 heterocycles. The molecule has 1 aromatic carbocycles. The Balaban J connectivity index is 2.99. The molecule has 0 aliphatic heterocycles. The first-order chi connectivity index (χ1) is 9.80. The number of rotatable bonds is 8. The number of sulfonamides is 1. The third kappa shape index (κ3) is 5.41. The second-order valence-corrected chi connectivity index (χ2v) is 7.47. The van der Waals surface area contributed by atoms with E-state index in [0.717, 1.165) is 24.0 Å². The topological polar surface area (TPSA) is 58.2 Å². The zero-order chi connectivity index (χ0) is 16.0. The van der Waals surface area contributed by atoms with Gasteiger partial charge in [-0.25, -0.2) is 13.1 Å². The summed E-state index contributed by atoms with van der Waals surface area (Å²) in [4.78, 5) is 0.348. The van der Waals surface area contributed by atoms with E-state index in [0.29, 0.717) is 17.5 Å². The van der Waals surface area contributed by atoms with E-state index in [-0.39, 0.29) is 6.04 Å². The highest BCUT2D eigenvalue weighted by Gasteiger charge is 2.18. The van der Waals surface area contributed by atoms with Crippen LogP contribution in [0.4, 0.5) is 0 Å². The first kappa shape index (κ1) is 18.1. The van der Waals surface area contributed by atoms with Crippen LogP contribution in [0.3, 0.4) is 0 Å². The van der Waals surface area contributed by atoms with Crippen LogP contribution in [-0.2, 0) is 16.6 Å². The highest BCUT2D eigenvalue weighted by molar-refractivity contribution is 7.89. The molecule has 0 unspecified atom stereocenters. The van der Waals surface area contributed by atoms with Crippen LogP contribution in [0.2, 0.25) is 0 Å². The maximum Gasteiger partial charge on any atom is 0.240 e. The van der Waals surface area contributed by atoms with Crippen molar-refractivity contribution >= 4 is 10.0 Å². The van der Waals surface area contributed by atoms with Crippen molar-refractivity contribution in [1.29, 1.82) is 0 Å². The molecule has 0 fully saturated rings. The van der Waals surface area contributed by atoms with E-state index in [1.807, 2.05) is 26.8 Å². The molecular weight excluding hydrogens is 284 g/mol. The Kier molecular flexibility index (Phi) is 6.84. The average molecular weight is 312 g/mol.